The van der Waals surface area contributed by atoms with Gasteiger partial charge in [-0.05, 0) is 31.5 Å². The van der Waals surface area contributed by atoms with Crippen molar-refractivity contribution < 1.29 is 4.79 Å². The van der Waals surface area contributed by atoms with Crippen molar-refractivity contribution in [1.29, 1.82) is 0 Å². The van der Waals surface area contributed by atoms with Crippen molar-refractivity contribution in [2.75, 3.05) is 23.3 Å². The number of benzene rings is 1. The van der Waals surface area contributed by atoms with Crippen LogP contribution in [0.3, 0.4) is 0 Å². The Morgan fingerprint density at radius 2 is 2.33 bits per heavy atom. The Bertz CT molecular complexity index is 419. The molecule has 18 heavy (non-hydrogen) atoms. The van der Waals surface area contributed by atoms with Crippen molar-refractivity contribution >= 4 is 17.4 Å². The van der Waals surface area contributed by atoms with Crippen LogP contribution in [0, 0.1) is 0 Å². The van der Waals surface area contributed by atoms with Gasteiger partial charge in [-0.1, -0.05) is 19.4 Å². The van der Waals surface area contributed by atoms with Gasteiger partial charge in [-0.25, -0.2) is 4.79 Å². The average Bonchev–Trinajstić information content (AvgIpc) is 2.76. The van der Waals surface area contributed by atoms with Gasteiger partial charge in [0.2, 0.25) is 0 Å². The van der Waals surface area contributed by atoms with E-state index in [0.29, 0.717) is 6.04 Å². The van der Waals surface area contributed by atoms with E-state index < -0.39 is 0 Å². The smallest absolute Gasteiger partial charge is 0.321 e. The first kappa shape index (κ1) is 12.7. The minimum atomic E-state index is -0.00578. The van der Waals surface area contributed by atoms with Crippen LogP contribution >= 0.6 is 0 Å². The molecule has 0 bridgehead atoms. The van der Waals surface area contributed by atoms with Crippen LogP contribution in [0.1, 0.15) is 26.7 Å². The first-order chi connectivity index (χ1) is 8.70. The monoisotopic (exact) mass is 247 g/mol. The highest BCUT2D eigenvalue weighted by Crippen LogP contribution is 2.21. The third-order valence-corrected chi connectivity index (χ3v) is 3.15. The van der Waals surface area contributed by atoms with Crippen LogP contribution in [0.4, 0.5) is 16.2 Å². The molecule has 2 rings (SSSR count). The molecule has 0 radical (unpaired) electrons. The van der Waals surface area contributed by atoms with E-state index in [-0.39, 0.29) is 6.03 Å². The summed E-state index contributed by atoms with van der Waals surface area (Å²) in [7, 11) is 0. The maximum absolute atomic E-state index is 11.6. The van der Waals surface area contributed by atoms with Crippen LogP contribution in [0.25, 0.3) is 0 Å². The third kappa shape index (κ3) is 2.94. The molecule has 2 N–H and O–H groups in total. The number of nitrogens with zero attached hydrogens (tertiary/aromatic N) is 1. The molecule has 1 unspecified atom stereocenters. The summed E-state index contributed by atoms with van der Waals surface area (Å²) in [5.41, 5.74) is 2.03. The number of nitrogens with one attached hydrogen (secondary N) is 2. The molecule has 1 heterocycles. The first-order valence-electron chi connectivity index (χ1n) is 6.62. The van der Waals surface area contributed by atoms with Gasteiger partial charge in [-0.2, -0.15) is 0 Å². The van der Waals surface area contributed by atoms with Crippen molar-refractivity contribution in [2.24, 2.45) is 0 Å². The topological polar surface area (TPSA) is 44.4 Å². The molecule has 2 amide bonds. The van der Waals surface area contributed by atoms with Gasteiger partial charge >= 0.3 is 6.03 Å². The summed E-state index contributed by atoms with van der Waals surface area (Å²) >= 11 is 0. The maximum Gasteiger partial charge on any atom is 0.321 e. The number of rotatable bonds is 5. The largest absolute Gasteiger partial charge is 0.383 e. The van der Waals surface area contributed by atoms with E-state index in [4.69, 9.17) is 0 Å². The standard InChI is InChI=1S/C14H21N3O/c1-3-5-11(2)16-12-6-4-7-13(10-12)17-9-8-15-14(17)18/h4,6-7,10-11,16H,3,5,8-9H2,1-2H3,(H,15,18). The number of carbonyl (C=O) groups is 1. The summed E-state index contributed by atoms with van der Waals surface area (Å²) in [5.74, 6) is 0. The molecule has 98 valence electrons. The minimum absolute atomic E-state index is 0.00578. The minimum Gasteiger partial charge on any atom is -0.383 e. The van der Waals surface area contributed by atoms with Gasteiger partial charge in [0.1, 0.15) is 0 Å². The Morgan fingerprint density at radius 3 is 3.00 bits per heavy atom. The average molecular weight is 247 g/mol. The lowest BCUT2D eigenvalue weighted by Gasteiger charge is -2.18. The molecule has 1 aliphatic heterocycles. The summed E-state index contributed by atoms with van der Waals surface area (Å²) in [6.45, 7) is 5.83. The van der Waals surface area contributed by atoms with Crippen molar-refractivity contribution in [3.8, 4) is 0 Å². The Hall–Kier alpha value is -1.71. The highest BCUT2D eigenvalue weighted by molar-refractivity contribution is 5.94. The zero-order valence-electron chi connectivity index (χ0n) is 11.1. The van der Waals surface area contributed by atoms with Crippen molar-refractivity contribution in [1.82, 2.24) is 5.32 Å². The molecule has 1 saturated heterocycles. The molecule has 1 aromatic rings. The normalized spacial score (nSPS) is 16.6. The number of urea groups is 1. The van der Waals surface area contributed by atoms with Gasteiger partial charge in [-0.15, -0.1) is 0 Å². The predicted molar refractivity (Wildman–Crippen MR) is 75.2 cm³/mol. The Labute approximate surface area is 108 Å². The van der Waals surface area contributed by atoms with E-state index in [1.165, 1.54) is 6.42 Å². The van der Waals surface area contributed by atoms with E-state index in [1.54, 1.807) is 4.90 Å². The fraction of sp³-hybridized carbons (Fsp3) is 0.500. The van der Waals surface area contributed by atoms with Gasteiger partial charge in [0.25, 0.3) is 0 Å². The van der Waals surface area contributed by atoms with Crippen molar-refractivity contribution in [2.45, 2.75) is 32.7 Å². The second-order valence-electron chi connectivity index (χ2n) is 4.77. The fourth-order valence-corrected chi connectivity index (χ4v) is 2.27. The number of anilines is 2. The summed E-state index contributed by atoms with van der Waals surface area (Å²) in [6, 6.07) is 8.50. The molecular formula is C14H21N3O. The maximum atomic E-state index is 11.6. The van der Waals surface area contributed by atoms with Gasteiger partial charge in [0.15, 0.2) is 0 Å². The second-order valence-corrected chi connectivity index (χ2v) is 4.77. The number of carbonyl (C=O) groups excluding carboxylic acids is 1. The van der Waals surface area contributed by atoms with Gasteiger partial charge in [0.05, 0.1) is 0 Å². The predicted octanol–water partition coefficient (Wildman–Crippen LogP) is 2.82. The summed E-state index contributed by atoms with van der Waals surface area (Å²) in [5, 5.41) is 6.28. The van der Waals surface area contributed by atoms with Crippen LogP contribution in [-0.2, 0) is 0 Å². The zero-order valence-corrected chi connectivity index (χ0v) is 11.1. The van der Waals surface area contributed by atoms with E-state index in [0.717, 1.165) is 30.9 Å². The molecule has 1 aliphatic rings. The summed E-state index contributed by atoms with van der Waals surface area (Å²) in [4.78, 5) is 13.4. The van der Waals surface area contributed by atoms with Crippen LogP contribution in [0.2, 0.25) is 0 Å². The zero-order chi connectivity index (χ0) is 13.0. The lowest BCUT2D eigenvalue weighted by Crippen LogP contribution is -2.27. The quantitative estimate of drug-likeness (QED) is 0.840. The molecular weight excluding hydrogens is 226 g/mol. The summed E-state index contributed by atoms with van der Waals surface area (Å²) < 4.78 is 0. The van der Waals surface area contributed by atoms with Crippen molar-refractivity contribution in [3.05, 3.63) is 24.3 Å². The Kier molecular flexibility index (Phi) is 4.07. The lowest BCUT2D eigenvalue weighted by atomic mass is 10.2. The van der Waals surface area contributed by atoms with Crippen LogP contribution in [0.15, 0.2) is 24.3 Å². The highest BCUT2D eigenvalue weighted by atomic mass is 16.2. The Morgan fingerprint density at radius 1 is 1.50 bits per heavy atom. The lowest BCUT2D eigenvalue weighted by molar-refractivity contribution is 0.252. The molecule has 0 spiro atoms. The van der Waals surface area contributed by atoms with E-state index in [1.807, 2.05) is 24.3 Å². The molecule has 1 fully saturated rings. The molecule has 4 nitrogen and oxygen atoms in total. The van der Waals surface area contributed by atoms with Crippen LogP contribution in [0.5, 0.6) is 0 Å². The van der Waals surface area contributed by atoms with Crippen molar-refractivity contribution in [3.63, 3.8) is 0 Å². The van der Waals surface area contributed by atoms with Gasteiger partial charge in [-0.3, -0.25) is 4.90 Å². The van der Waals surface area contributed by atoms with Gasteiger partial charge in [0, 0.05) is 30.5 Å². The van der Waals surface area contributed by atoms with E-state index in [9.17, 15) is 4.79 Å². The summed E-state index contributed by atoms with van der Waals surface area (Å²) in [6.07, 6.45) is 2.32. The van der Waals surface area contributed by atoms with Crippen LogP contribution in [-0.4, -0.2) is 25.2 Å². The SMILES string of the molecule is CCCC(C)Nc1cccc(N2CCNC2=O)c1. The van der Waals surface area contributed by atoms with E-state index >= 15 is 0 Å². The molecule has 0 aliphatic carbocycles. The van der Waals surface area contributed by atoms with Crippen LogP contribution < -0.4 is 15.5 Å². The highest BCUT2D eigenvalue weighted by Gasteiger charge is 2.21. The second kappa shape index (κ2) is 5.76. The molecule has 1 atom stereocenters. The number of amides is 2. The Balaban J connectivity index is 2.07. The molecule has 1 aromatic carbocycles. The molecule has 0 aromatic heterocycles. The number of hydrogen-bond donors (Lipinski definition) is 2. The molecule has 4 heteroatoms. The molecule has 0 saturated carbocycles. The number of hydrogen-bond acceptors (Lipinski definition) is 2. The fourth-order valence-electron chi connectivity index (χ4n) is 2.27. The van der Waals surface area contributed by atoms with Gasteiger partial charge < -0.3 is 10.6 Å². The first-order valence-corrected chi connectivity index (χ1v) is 6.62. The van der Waals surface area contributed by atoms with E-state index in [2.05, 4.69) is 24.5 Å². The third-order valence-electron chi connectivity index (χ3n) is 3.15.